The second-order valence-corrected chi connectivity index (χ2v) is 6.29. The number of nitrogens with one attached hydrogen (secondary N) is 1. The van der Waals surface area contributed by atoms with Crippen molar-refractivity contribution in [1.82, 2.24) is 9.97 Å². The van der Waals surface area contributed by atoms with Gasteiger partial charge in [0.25, 0.3) is 0 Å². The fourth-order valence-electron chi connectivity index (χ4n) is 2.24. The molecule has 4 nitrogen and oxygen atoms in total. The van der Waals surface area contributed by atoms with Crippen LogP contribution in [0.15, 0.2) is 53.9 Å². The summed E-state index contributed by atoms with van der Waals surface area (Å²) in [4.78, 5) is 9.82. The van der Waals surface area contributed by atoms with Crippen LogP contribution in [0.25, 0.3) is 11.3 Å². The quantitative estimate of drug-likeness (QED) is 0.521. The molecule has 0 unspecified atom stereocenters. The average molecular weight is 340 g/mol. The molecule has 1 aromatic carbocycles. The van der Waals surface area contributed by atoms with Gasteiger partial charge >= 0.3 is 0 Å². The SMILES string of the molecule is CCCc1sc(N/N=C\c2cccnc2)nc1-c1ccc(F)cc1. The fourth-order valence-corrected chi connectivity index (χ4v) is 3.28. The van der Waals surface area contributed by atoms with Gasteiger partial charge in [-0.3, -0.25) is 10.4 Å². The summed E-state index contributed by atoms with van der Waals surface area (Å²) in [5.74, 6) is -0.245. The summed E-state index contributed by atoms with van der Waals surface area (Å²) in [7, 11) is 0. The number of aromatic nitrogens is 2. The second kappa shape index (κ2) is 7.79. The molecule has 3 aromatic rings. The van der Waals surface area contributed by atoms with Gasteiger partial charge in [0.15, 0.2) is 0 Å². The summed E-state index contributed by atoms with van der Waals surface area (Å²) in [6, 6.07) is 10.2. The first-order valence-electron chi connectivity index (χ1n) is 7.71. The molecule has 1 N–H and O–H groups in total. The number of halogens is 1. The van der Waals surface area contributed by atoms with Crippen LogP contribution in [0.5, 0.6) is 0 Å². The van der Waals surface area contributed by atoms with Crippen LogP contribution in [-0.4, -0.2) is 16.2 Å². The van der Waals surface area contributed by atoms with Gasteiger partial charge in [-0.05, 0) is 36.8 Å². The summed E-state index contributed by atoms with van der Waals surface area (Å²) in [5.41, 5.74) is 5.69. The van der Waals surface area contributed by atoms with Crippen LogP contribution in [0.1, 0.15) is 23.8 Å². The van der Waals surface area contributed by atoms with Crippen molar-refractivity contribution in [1.29, 1.82) is 0 Å². The normalized spacial score (nSPS) is 11.1. The van der Waals surface area contributed by atoms with Crippen molar-refractivity contribution < 1.29 is 4.39 Å². The van der Waals surface area contributed by atoms with Gasteiger partial charge in [0.05, 0.1) is 11.9 Å². The summed E-state index contributed by atoms with van der Waals surface area (Å²) < 4.78 is 13.1. The molecule has 3 rings (SSSR count). The predicted molar refractivity (Wildman–Crippen MR) is 97.0 cm³/mol. The molecule has 0 bridgehead atoms. The van der Waals surface area contributed by atoms with Crippen LogP contribution in [0.2, 0.25) is 0 Å². The minimum absolute atomic E-state index is 0.245. The first-order chi connectivity index (χ1) is 11.8. The smallest absolute Gasteiger partial charge is 0.204 e. The Morgan fingerprint density at radius 1 is 1.25 bits per heavy atom. The molecular weight excluding hydrogens is 323 g/mol. The van der Waals surface area contributed by atoms with E-state index in [1.54, 1.807) is 42.1 Å². The van der Waals surface area contributed by atoms with Gasteiger partial charge in [0.1, 0.15) is 5.82 Å². The largest absolute Gasteiger partial charge is 0.264 e. The van der Waals surface area contributed by atoms with Crippen molar-refractivity contribution in [2.75, 3.05) is 5.43 Å². The Hall–Kier alpha value is -2.60. The highest BCUT2D eigenvalue weighted by molar-refractivity contribution is 7.16. The Kier molecular flexibility index (Phi) is 5.28. The second-order valence-electron chi connectivity index (χ2n) is 5.20. The lowest BCUT2D eigenvalue weighted by Crippen LogP contribution is -1.90. The van der Waals surface area contributed by atoms with Crippen molar-refractivity contribution in [2.24, 2.45) is 5.10 Å². The van der Waals surface area contributed by atoms with E-state index in [0.717, 1.165) is 34.8 Å². The first-order valence-corrected chi connectivity index (χ1v) is 8.52. The molecule has 0 amide bonds. The zero-order chi connectivity index (χ0) is 16.8. The molecular formula is C18H17FN4S. The van der Waals surface area contributed by atoms with E-state index in [2.05, 4.69) is 27.4 Å². The number of pyridine rings is 1. The van der Waals surface area contributed by atoms with Crippen molar-refractivity contribution >= 4 is 22.7 Å². The van der Waals surface area contributed by atoms with Crippen LogP contribution < -0.4 is 5.43 Å². The fraction of sp³-hybridized carbons (Fsp3) is 0.167. The van der Waals surface area contributed by atoms with Gasteiger partial charge in [-0.2, -0.15) is 5.10 Å². The third-order valence-electron chi connectivity index (χ3n) is 3.35. The highest BCUT2D eigenvalue weighted by Crippen LogP contribution is 2.32. The molecule has 2 aromatic heterocycles. The van der Waals surface area contributed by atoms with Crippen molar-refractivity contribution in [3.05, 3.63) is 65.0 Å². The molecule has 0 aliphatic heterocycles. The van der Waals surface area contributed by atoms with E-state index in [0.29, 0.717) is 0 Å². The van der Waals surface area contributed by atoms with E-state index < -0.39 is 0 Å². The maximum atomic E-state index is 13.1. The van der Waals surface area contributed by atoms with Crippen LogP contribution in [0, 0.1) is 5.82 Å². The predicted octanol–water partition coefficient (Wildman–Crippen LogP) is 4.74. The Morgan fingerprint density at radius 3 is 2.79 bits per heavy atom. The molecule has 0 atom stereocenters. The van der Waals surface area contributed by atoms with Gasteiger partial charge in [-0.15, -0.1) is 0 Å². The molecule has 0 saturated carbocycles. The molecule has 0 aliphatic carbocycles. The molecule has 6 heteroatoms. The van der Waals surface area contributed by atoms with Gasteiger partial charge in [0, 0.05) is 28.4 Å². The van der Waals surface area contributed by atoms with E-state index in [9.17, 15) is 4.39 Å². The molecule has 0 saturated heterocycles. The molecule has 0 radical (unpaired) electrons. The van der Waals surface area contributed by atoms with Gasteiger partial charge < -0.3 is 0 Å². The van der Waals surface area contributed by atoms with Crippen molar-refractivity contribution in [3.63, 3.8) is 0 Å². The molecule has 122 valence electrons. The molecule has 0 aliphatic rings. The van der Waals surface area contributed by atoms with Crippen molar-refractivity contribution in [3.8, 4) is 11.3 Å². The zero-order valence-corrected chi connectivity index (χ0v) is 14.1. The van der Waals surface area contributed by atoms with E-state index in [1.165, 1.54) is 17.0 Å². The number of hydrogen-bond donors (Lipinski definition) is 1. The lowest BCUT2D eigenvalue weighted by Gasteiger charge is -2.00. The standard InChI is InChI=1S/C18H17FN4S/c1-2-4-16-17(14-6-8-15(19)9-7-14)22-18(24-16)23-21-12-13-5-3-10-20-11-13/h3,5-12H,2,4H2,1H3,(H,22,23)/b21-12-. The molecule has 24 heavy (non-hydrogen) atoms. The number of rotatable bonds is 6. The first kappa shape index (κ1) is 16.3. The minimum atomic E-state index is -0.245. The lowest BCUT2D eigenvalue weighted by molar-refractivity contribution is 0.628. The van der Waals surface area contributed by atoms with E-state index in [4.69, 9.17) is 0 Å². The van der Waals surface area contributed by atoms with Crippen molar-refractivity contribution in [2.45, 2.75) is 19.8 Å². The number of aryl methyl sites for hydroxylation is 1. The summed E-state index contributed by atoms with van der Waals surface area (Å²) >= 11 is 1.57. The number of hydrogen-bond acceptors (Lipinski definition) is 5. The third kappa shape index (κ3) is 4.02. The lowest BCUT2D eigenvalue weighted by atomic mass is 10.1. The average Bonchev–Trinajstić information content (AvgIpc) is 3.00. The third-order valence-corrected chi connectivity index (χ3v) is 4.37. The number of benzene rings is 1. The Morgan fingerprint density at radius 2 is 2.08 bits per heavy atom. The molecule has 0 fully saturated rings. The van der Waals surface area contributed by atoms with Crippen LogP contribution in [0.3, 0.4) is 0 Å². The van der Waals surface area contributed by atoms with E-state index in [-0.39, 0.29) is 5.82 Å². The maximum absolute atomic E-state index is 13.1. The number of hydrazone groups is 1. The number of thiazole rings is 1. The summed E-state index contributed by atoms with van der Waals surface area (Å²) in [6.07, 6.45) is 7.11. The highest BCUT2D eigenvalue weighted by atomic mass is 32.1. The maximum Gasteiger partial charge on any atom is 0.204 e. The topological polar surface area (TPSA) is 50.2 Å². The Bertz CT molecular complexity index is 813. The monoisotopic (exact) mass is 340 g/mol. The number of anilines is 1. The van der Waals surface area contributed by atoms with Crippen LogP contribution in [0.4, 0.5) is 9.52 Å². The van der Waals surface area contributed by atoms with Crippen LogP contribution >= 0.6 is 11.3 Å². The minimum Gasteiger partial charge on any atom is -0.264 e. The van der Waals surface area contributed by atoms with E-state index >= 15 is 0 Å². The Balaban J connectivity index is 1.80. The zero-order valence-electron chi connectivity index (χ0n) is 13.2. The summed E-state index contributed by atoms with van der Waals surface area (Å²) in [6.45, 7) is 2.13. The van der Waals surface area contributed by atoms with Gasteiger partial charge in [-0.25, -0.2) is 9.37 Å². The van der Waals surface area contributed by atoms with Crippen LogP contribution in [-0.2, 0) is 6.42 Å². The Labute approximate surface area is 144 Å². The molecule has 0 spiro atoms. The number of nitrogens with zero attached hydrogens (tertiary/aromatic N) is 3. The summed E-state index contributed by atoms with van der Waals surface area (Å²) in [5, 5.41) is 4.93. The van der Waals surface area contributed by atoms with Gasteiger partial charge in [0.2, 0.25) is 5.13 Å². The van der Waals surface area contributed by atoms with Gasteiger partial charge in [-0.1, -0.05) is 30.7 Å². The van der Waals surface area contributed by atoms with E-state index in [1.807, 2.05) is 12.1 Å². The molecule has 2 heterocycles. The highest BCUT2D eigenvalue weighted by Gasteiger charge is 2.12.